The van der Waals surface area contributed by atoms with Gasteiger partial charge < -0.3 is 4.90 Å². The maximum absolute atomic E-state index is 13.4. The minimum atomic E-state index is -0.234. The number of likely N-dealkylation sites (tertiary alicyclic amines) is 2. The van der Waals surface area contributed by atoms with Crippen molar-refractivity contribution in [2.24, 2.45) is 5.41 Å². The largest absolute Gasteiger partial charge is 0.333 e. The summed E-state index contributed by atoms with van der Waals surface area (Å²) in [4.78, 5) is 22.6. The fraction of sp³-hybridized carbons (Fsp3) is 0.500. The van der Waals surface area contributed by atoms with Gasteiger partial charge in [0.2, 0.25) is 0 Å². The highest BCUT2D eigenvalue weighted by Gasteiger charge is 2.59. The maximum Gasteiger partial charge on any atom is 0.255 e. The van der Waals surface area contributed by atoms with Crippen LogP contribution in [0.3, 0.4) is 0 Å². The minimum Gasteiger partial charge on any atom is -0.333 e. The number of pyridine rings is 1. The van der Waals surface area contributed by atoms with E-state index in [9.17, 15) is 9.18 Å². The normalized spacial score (nSPS) is 31.1. The molecule has 4 atom stereocenters. The Bertz CT molecular complexity index is 913. The summed E-state index contributed by atoms with van der Waals surface area (Å²) in [5.41, 5.74) is 2.77. The molecular weight excluding hydrogens is 365 g/mol. The number of amides is 1. The summed E-state index contributed by atoms with van der Waals surface area (Å²) >= 11 is 0. The summed E-state index contributed by atoms with van der Waals surface area (Å²) in [5, 5.41) is 0. The van der Waals surface area contributed by atoms with Crippen LogP contribution in [0.2, 0.25) is 0 Å². The van der Waals surface area contributed by atoms with Crippen molar-refractivity contribution < 1.29 is 9.18 Å². The second-order valence-electron chi connectivity index (χ2n) is 9.29. The molecule has 3 fully saturated rings. The second-order valence-corrected chi connectivity index (χ2v) is 9.29. The van der Waals surface area contributed by atoms with Crippen LogP contribution in [-0.4, -0.2) is 52.4 Å². The van der Waals surface area contributed by atoms with Crippen molar-refractivity contribution in [1.29, 1.82) is 0 Å². The van der Waals surface area contributed by atoms with Gasteiger partial charge in [-0.3, -0.25) is 14.7 Å². The molecule has 2 bridgehead atoms. The van der Waals surface area contributed by atoms with Gasteiger partial charge in [-0.1, -0.05) is 19.1 Å². The zero-order valence-corrected chi connectivity index (χ0v) is 17.1. The Morgan fingerprint density at radius 3 is 2.66 bits per heavy atom. The third-order valence-electron chi connectivity index (χ3n) is 7.64. The summed E-state index contributed by atoms with van der Waals surface area (Å²) in [7, 11) is 2.24. The number of aromatic nitrogens is 1. The van der Waals surface area contributed by atoms with E-state index in [1.807, 2.05) is 12.1 Å². The Morgan fingerprint density at radius 2 is 1.93 bits per heavy atom. The number of hydrogen-bond acceptors (Lipinski definition) is 3. The van der Waals surface area contributed by atoms with Gasteiger partial charge in [0.05, 0.1) is 5.56 Å². The van der Waals surface area contributed by atoms with E-state index >= 15 is 0 Å². The molecule has 4 nitrogen and oxygen atoms in total. The van der Waals surface area contributed by atoms with Crippen LogP contribution in [0.1, 0.15) is 54.2 Å². The van der Waals surface area contributed by atoms with Gasteiger partial charge in [0.25, 0.3) is 5.91 Å². The Hall–Kier alpha value is -2.27. The van der Waals surface area contributed by atoms with Gasteiger partial charge in [-0.2, -0.15) is 0 Å². The summed E-state index contributed by atoms with van der Waals surface area (Å²) in [6.07, 6.45) is 7.10. The van der Waals surface area contributed by atoms with Crippen molar-refractivity contribution >= 4 is 5.91 Å². The number of rotatable bonds is 3. The summed E-state index contributed by atoms with van der Waals surface area (Å²) in [6.45, 7) is 3.21. The molecule has 1 aromatic carbocycles. The van der Waals surface area contributed by atoms with Crippen LogP contribution in [0, 0.1) is 11.2 Å². The SMILES string of the molecule is CN1[C@@H]2CN(C(=O)c3ccc(Cc4ccc(F)cc4)nc3)[C@@H]3CCC[C@H]1[C@]3(C)C2. The number of halogens is 1. The van der Waals surface area contributed by atoms with Crippen LogP contribution in [0.4, 0.5) is 4.39 Å². The van der Waals surface area contributed by atoms with Crippen LogP contribution in [0.25, 0.3) is 0 Å². The van der Waals surface area contributed by atoms with Crippen molar-refractivity contribution in [2.45, 2.75) is 57.2 Å². The Labute approximate surface area is 171 Å². The van der Waals surface area contributed by atoms with Crippen LogP contribution < -0.4 is 0 Å². The van der Waals surface area contributed by atoms with Gasteiger partial charge in [-0.05, 0) is 62.6 Å². The quantitative estimate of drug-likeness (QED) is 0.794. The van der Waals surface area contributed by atoms with Crippen molar-refractivity contribution in [2.75, 3.05) is 13.6 Å². The van der Waals surface area contributed by atoms with E-state index in [4.69, 9.17) is 0 Å². The van der Waals surface area contributed by atoms with E-state index < -0.39 is 0 Å². The molecule has 1 saturated carbocycles. The molecule has 0 spiro atoms. The number of carbonyl (C=O) groups excluding carboxylic acids is 1. The molecule has 5 heteroatoms. The van der Waals surface area contributed by atoms with Crippen molar-refractivity contribution in [3.8, 4) is 0 Å². The monoisotopic (exact) mass is 393 g/mol. The average molecular weight is 394 g/mol. The molecule has 2 saturated heterocycles. The smallest absolute Gasteiger partial charge is 0.255 e. The molecule has 2 aromatic rings. The second kappa shape index (κ2) is 6.91. The predicted octanol–water partition coefficient (Wildman–Crippen LogP) is 3.90. The average Bonchev–Trinajstić information content (AvgIpc) is 2.98. The third kappa shape index (κ3) is 3.07. The van der Waals surface area contributed by atoms with Crippen LogP contribution >= 0.6 is 0 Å². The van der Waals surface area contributed by atoms with Gasteiger partial charge >= 0.3 is 0 Å². The lowest BCUT2D eigenvalue weighted by molar-refractivity contribution is 0.0117. The van der Waals surface area contributed by atoms with Crippen LogP contribution in [-0.2, 0) is 6.42 Å². The van der Waals surface area contributed by atoms with E-state index in [0.29, 0.717) is 30.1 Å². The molecule has 5 rings (SSSR count). The lowest BCUT2D eigenvalue weighted by Gasteiger charge is -2.50. The highest BCUT2D eigenvalue weighted by Crippen LogP contribution is 2.53. The first-order chi connectivity index (χ1) is 14.0. The topological polar surface area (TPSA) is 36.4 Å². The standard InChI is InChI=1S/C24H28FN3O/c1-24-13-20-15-28(22(24)5-3-4-21(24)27(20)2)23(29)17-8-11-19(26-14-17)12-16-6-9-18(25)10-7-16/h6-11,14,20-22H,3-5,12-13,15H2,1-2H3/t20-,21-,22+,24-/m0/s1. The first-order valence-corrected chi connectivity index (χ1v) is 10.7. The first-order valence-electron chi connectivity index (χ1n) is 10.7. The number of likely N-dealkylation sites (N-methyl/N-ethyl adjacent to an activating group) is 1. The van der Waals surface area contributed by atoms with Gasteiger partial charge in [-0.25, -0.2) is 4.39 Å². The summed E-state index contributed by atoms with van der Waals surface area (Å²) < 4.78 is 13.1. The first kappa shape index (κ1) is 18.7. The highest BCUT2D eigenvalue weighted by molar-refractivity contribution is 5.94. The molecule has 0 N–H and O–H groups in total. The maximum atomic E-state index is 13.4. The molecule has 2 aliphatic heterocycles. The van der Waals surface area contributed by atoms with E-state index in [-0.39, 0.29) is 17.1 Å². The zero-order chi connectivity index (χ0) is 20.2. The lowest BCUT2D eigenvalue weighted by atomic mass is 9.65. The van der Waals surface area contributed by atoms with Gasteiger partial charge in [0.15, 0.2) is 0 Å². The molecule has 3 aliphatic rings. The van der Waals surface area contributed by atoms with E-state index in [0.717, 1.165) is 24.2 Å². The number of benzene rings is 1. The Morgan fingerprint density at radius 1 is 1.17 bits per heavy atom. The van der Waals surface area contributed by atoms with Gasteiger partial charge in [0.1, 0.15) is 5.82 Å². The minimum absolute atomic E-state index is 0.114. The lowest BCUT2D eigenvalue weighted by Crippen LogP contribution is -2.57. The van der Waals surface area contributed by atoms with E-state index in [2.05, 4.69) is 28.8 Å². The molecule has 1 aromatic heterocycles. The molecule has 1 aliphatic carbocycles. The molecule has 0 unspecified atom stereocenters. The van der Waals surface area contributed by atoms with Crippen molar-refractivity contribution in [3.05, 3.63) is 65.2 Å². The van der Waals surface area contributed by atoms with Crippen LogP contribution in [0.15, 0.2) is 42.6 Å². The van der Waals surface area contributed by atoms with Crippen molar-refractivity contribution in [3.63, 3.8) is 0 Å². The molecule has 29 heavy (non-hydrogen) atoms. The molecule has 1 amide bonds. The number of fused-ring (bicyclic) bond motifs is 1. The number of carbonyl (C=O) groups is 1. The fourth-order valence-electron chi connectivity index (χ4n) is 6.15. The molecule has 0 radical (unpaired) electrons. The predicted molar refractivity (Wildman–Crippen MR) is 110 cm³/mol. The molecule has 3 heterocycles. The summed E-state index contributed by atoms with van der Waals surface area (Å²) in [5.74, 6) is -0.120. The zero-order valence-electron chi connectivity index (χ0n) is 17.1. The van der Waals surface area contributed by atoms with Gasteiger partial charge in [0, 0.05) is 48.4 Å². The number of piperidine rings is 1. The molecular formula is C24H28FN3O. The molecule has 152 valence electrons. The third-order valence-corrected chi connectivity index (χ3v) is 7.64. The number of hydrogen-bond donors (Lipinski definition) is 0. The van der Waals surface area contributed by atoms with E-state index in [1.54, 1.807) is 18.3 Å². The van der Waals surface area contributed by atoms with Gasteiger partial charge in [-0.15, -0.1) is 0 Å². The Kier molecular flexibility index (Phi) is 4.46. The summed E-state index contributed by atoms with van der Waals surface area (Å²) in [6, 6.07) is 11.7. The Balaban J connectivity index is 1.35. The number of nitrogens with zero attached hydrogens (tertiary/aromatic N) is 3. The van der Waals surface area contributed by atoms with Crippen LogP contribution in [0.5, 0.6) is 0 Å². The van der Waals surface area contributed by atoms with Crippen molar-refractivity contribution in [1.82, 2.24) is 14.8 Å². The fourth-order valence-corrected chi connectivity index (χ4v) is 6.15. The highest BCUT2D eigenvalue weighted by atomic mass is 19.1. The van der Waals surface area contributed by atoms with E-state index in [1.165, 1.54) is 31.4 Å².